The molecular weight excluding hydrogens is 196 g/mol. The minimum atomic E-state index is 0.169. The second-order valence-electron chi connectivity index (χ2n) is 4.47. The second-order valence-corrected chi connectivity index (χ2v) is 4.47. The summed E-state index contributed by atoms with van der Waals surface area (Å²) < 4.78 is 0. The fourth-order valence-corrected chi connectivity index (χ4v) is 1.72. The first kappa shape index (κ1) is 13.0. The van der Waals surface area contributed by atoms with Crippen molar-refractivity contribution in [1.29, 1.82) is 0 Å². The van der Waals surface area contributed by atoms with Crippen LogP contribution in [0, 0.1) is 0 Å². The van der Waals surface area contributed by atoms with Gasteiger partial charge in [0.05, 0.1) is 0 Å². The number of benzene rings is 1. The van der Waals surface area contributed by atoms with E-state index in [-0.39, 0.29) is 6.04 Å². The molecule has 1 aromatic rings. The SMILES string of the molecule is CCC(C)N(C)c1ccc([C@@H](N)CC)cc1. The molecular formula is C14H24N2. The lowest BCUT2D eigenvalue weighted by molar-refractivity contribution is 0.662. The first-order valence-electron chi connectivity index (χ1n) is 6.18. The molecule has 0 saturated heterocycles. The average molecular weight is 220 g/mol. The molecule has 0 bridgehead atoms. The Hall–Kier alpha value is -1.02. The summed E-state index contributed by atoms with van der Waals surface area (Å²) in [4.78, 5) is 2.31. The van der Waals surface area contributed by atoms with Crippen LogP contribution in [0.15, 0.2) is 24.3 Å². The summed E-state index contributed by atoms with van der Waals surface area (Å²) in [7, 11) is 2.14. The Balaban J connectivity index is 2.78. The second kappa shape index (κ2) is 5.90. The topological polar surface area (TPSA) is 29.3 Å². The molecule has 1 aromatic carbocycles. The van der Waals surface area contributed by atoms with E-state index in [0.29, 0.717) is 6.04 Å². The molecule has 0 aromatic heterocycles. The Labute approximate surface area is 99.5 Å². The zero-order valence-electron chi connectivity index (χ0n) is 10.9. The molecule has 0 aliphatic carbocycles. The van der Waals surface area contributed by atoms with E-state index in [4.69, 9.17) is 5.73 Å². The lowest BCUT2D eigenvalue weighted by Crippen LogP contribution is -2.27. The Morgan fingerprint density at radius 2 is 1.69 bits per heavy atom. The van der Waals surface area contributed by atoms with Crippen LogP contribution >= 0.6 is 0 Å². The molecule has 1 unspecified atom stereocenters. The zero-order chi connectivity index (χ0) is 12.1. The predicted octanol–water partition coefficient (Wildman–Crippen LogP) is 3.33. The van der Waals surface area contributed by atoms with Crippen molar-refractivity contribution in [2.75, 3.05) is 11.9 Å². The van der Waals surface area contributed by atoms with Crippen molar-refractivity contribution in [1.82, 2.24) is 0 Å². The standard InChI is InChI=1S/C14H24N2/c1-5-11(3)16(4)13-9-7-12(8-10-13)14(15)6-2/h7-11,14H,5-6,15H2,1-4H3/t11?,14-/m0/s1. The van der Waals surface area contributed by atoms with Crippen LogP contribution in [0.25, 0.3) is 0 Å². The van der Waals surface area contributed by atoms with Crippen molar-refractivity contribution in [3.8, 4) is 0 Å². The van der Waals surface area contributed by atoms with Crippen molar-refractivity contribution < 1.29 is 0 Å². The van der Waals surface area contributed by atoms with Crippen LogP contribution in [-0.4, -0.2) is 13.1 Å². The number of rotatable bonds is 5. The van der Waals surface area contributed by atoms with E-state index < -0.39 is 0 Å². The third-order valence-corrected chi connectivity index (χ3v) is 3.42. The monoisotopic (exact) mass is 220 g/mol. The highest BCUT2D eigenvalue weighted by atomic mass is 15.1. The Morgan fingerprint density at radius 3 is 2.12 bits per heavy atom. The van der Waals surface area contributed by atoms with Gasteiger partial charge in [-0.25, -0.2) is 0 Å². The molecule has 2 heteroatoms. The van der Waals surface area contributed by atoms with E-state index >= 15 is 0 Å². The average Bonchev–Trinajstić information content (AvgIpc) is 2.36. The molecule has 16 heavy (non-hydrogen) atoms. The Bertz CT molecular complexity index is 305. The summed E-state index contributed by atoms with van der Waals surface area (Å²) in [6, 6.07) is 9.35. The summed E-state index contributed by atoms with van der Waals surface area (Å²) >= 11 is 0. The van der Waals surface area contributed by atoms with E-state index in [1.165, 1.54) is 11.3 Å². The maximum atomic E-state index is 5.99. The molecule has 2 nitrogen and oxygen atoms in total. The van der Waals surface area contributed by atoms with Gasteiger partial charge in [0.1, 0.15) is 0 Å². The van der Waals surface area contributed by atoms with Gasteiger partial charge < -0.3 is 10.6 Å². The molecule has 0 radical (unpaired) electrons. The van der Waals surface area contributed by atoms with Gasteiger partial charge in [-0.2, -0.15) is 0 Å². The lowest BCUT2D eigenvalue weighted by Gasteiger charge is -2.26. The highest BCUT2D eigenvalue weighted by molar-refractivity contribution is 5.48. The highest BCUT2D eigenvalue weighted by Crippen LogP contribution is 2.20. The third-order valence-electron chi connectivity index (χ3n) is 3.42. The zero-order valence-corrected chi connectivity index (χ0v) is 10.9. The highest BCUT2D eigenvalue weighted by Gasteiger charge is 2.08. The molecule has 0 amide bonds. The largest absolute Gasteiger partial charge is 0.372 e. The van der Waals surface area contributed by atoms with Crippen LogP contribution in [0.1, 0.15) is 45.2 Å². The molecule has 0 heterocycles. The van der Waals surface area contributed by atoms with Crippen LogP contribution < -0.4 is 10.6 Å². The molecule has 90 valence electrons. The van der Waals surface area contributed by atoms with Gasteiger partial charge in [0, 0.05) is 24.8 Å². The van der Waals surface area contributed by atoms with Crippen LogP contribution in [0.2, 0.25) is 0 Å². The summed E-state index contributed by atoms with van der Waals surface area (Å²) in [5, 5.41) is 0. The molecule has 0 saturated carbocycles. The number of hydrogen-bond donors (Lipinski definition) is 1. The maximum Gasteiger partial charge on any atom is 0.0366 e. The van der Waals surface area contributed by atoms with Crippen LogP contribution in [0.4, 0.5) is 5.69 Å². The minimum Gasteiger partial charge on any atom is -0.372 e. The number of nitrogens with two attached hydrogens (primary N) is 1. The van der Waals surface area contributed by atoms with Gasteiger partial charge in [-0.15, -0.1) is 0 Å². The van der Waals surface area contributed by atoms with Gasteiger partial charge in [0.25, 0.3) is 0 Å². The van der Waals surface area contributed by atoms with Crippen molar-refractivity contribution >= 4 is 5.69 Å². The number of hydrogen-bond acceptors (Lipinski definition) is 2. The molecule has 0 spiro atoms. The molecule has 0 fully saturated rings. The molecule has 0 aliphatic heterocycles. The van der Waals surface area contributed by atoms with Crippen molar-refractivity contribution in [3.05, 3.63) is 29.8 Å². The van der Waals surface area contributed by atoms with Gasteiger partial charge in [-0.3, -0.25) is 0 Å². The van der Waals surface area contributed by atoms with Gasteiger partial charge >= 0.3 is 0 Å². The summed E-state index contributed by atoms with van der Waals surface area (Å²) in [5.74, 6) is 0. The Morgan fingerprint density at radius 1 is 1.12 bits per heavy atom. The quantitative estimate of drug-likeness (QED) is 0.824. The van der Waals surface area contributed by atoms with Crippen LogP contribution in [-0.2, 0) is 0 Å². The fraction of sp³-hybridized carbons (Fsp3) is 0.571. The number of anilines is 1. The third kappa shape index (κ3) is 2.99. The predicted molar refractivity (Wildman–Crippen MR) is 71.8 cm³/mol. The fourth-order valence-electron chi connectivity index (χ4n) is 1.72. The Kier molecular flexibility index (Phi) is 4.81. The summed E-state index contributed by atoms with van der Waals surface area (Å²) in [6.45, 7) is 6.57. The minimum absolute atomic E-state index is 0.169. The van der Waals surface area contributed by atoms with E-state index in [9.17, 15) is 0 Å². The number of nitrogens with zero attached hydrogens (tertiary/aromatic N) is 1. The first-order chi connectivity index (χ1) is 7.60. The van der Waals surface area contributed by atoms with Crippen LogP contribution in [0.3, 0.4) is 0 Å². The normalized spacial score (nSPS) is 14.6. The maximum absolute atomic E-state index is 5.99. The van der Waals surface area contributed by atoms with E-state index in [0.717, 1.165) is 12.8 Å². The summed E-state index contributed by atoms with van der Waals surface area (Å²) in [5.41, 5.74) is 8.48. The first-order valence-corrected chi connectivity index (χ1v) is 6.18. The van der Waals surface area contributed by atoms with Gasteiger partial charge in [-0.1, -0.05) is 26.0 Å². The molecule has 1 rings (SSSR count). The summed E-state index contributed by atoms with van der Waals surface area (Å²) in [6.07, 6.45) is 2.15. The van der Waals surface area contributed by atoms with Gasteiger partial charge in [0.2, 0.25) is 0 Å². The van der Waals surface area contributed by atoms with Gasteiger partial charge in [0.15, 0.2) is 0 Å². The van der Waals surface area contributed by atoms with Crippen molar-refractivity contribution in [2.45, 2.75) is 45.7 Å². The van der Waals surface area contributed by atoms with E-state index in [1.54, 1.807) is 0 Å². The van der Waals surface area contributed by atoms with Crippen LogP contribution in [0.5, 0.6) is 0 Å². The molecule has 0 aliphatic rings. The van der Waals surface area contributed by atoms with E-state index in [2.05, 4.69) is 57.0 Å². The smallest absolute Gasteiger partial charge is 0.0366 e. The van der Waals surface area contributed by atoms with E-state index in [1.807, 2.05) is 0 Å². The molecule has 2 atom stereocenters. The lowest BCUT2D eigenvalue weighted by atomic mass is 10.0. The van der Waals surface area contributed by atoms with Crippen molar-refractivity contribution in [2.24, 2.45) is 5.73 Å². The van der Waals surface area contributed by atoms with Gasteiger partial charge in [-0.05, 0) is 37.5 Å². The molecule has 2 N–H and O–H groups in total. The van der Waals surface area contributed by atoms with Crippen molar-refractivity contribution in [3.63, 3.8) is 0 Å².